The van der Waals surface area contributed by atoms with Crippen LogP contribution in [0.5, 0.6) is 0 Å². The van der Waals surface area contributed by atoms with E-state index < -0.39 is 0 Å². The Balaban J connectivity index is 2.05. The second kappa shape index (κ2) is 7.20. The molecule has 0 amide bonds. The number of thiophene rings is 1. The summed E-state index contributed by atoms with van der Waals surface area (Å²) in [6.07, 6.45) is 0. The molecule has 2 aromatic rings. The van der Waals surface area contributed by atoms with Gasteiger partial charge in [0.15, 0.2) is 5.13 Å². The number of rotatable bonds is 7. The zero-order valence-corrected chi connectivity index (χ0v) is 14.2. The lowest BCUT2D eigenvalue weighted by atomic mass is 10.3. The molecule has 0 unspecified atom stereocenters. The van der Waals surface area contributed by atoms with Crippen LogP contribution in [0.25, 0.3) is 0 Å². The summed E-state index contributed by atoms with van der Waals surface area (Å²) in [5, 5.41) is 8.83. The molecule has 0 saturated carbocycles. The maximum atomic E-state index is 4.77. The van der Waals surface area contributed by atoms with Crippen molar-refractivity contribution in [2.24, 2.45) is 0 Å². The molecule has 0 atom stereocenters. The summed E-state index contributed by atoms with van der Waals surface area (Å²) in [5.41, 5.74) is 1.13. The van der Waals surface area contributed by atoms with Crippen LogP contribution >= 0.6 is 22.7 Å². The maximum Gasteiger partial charge on any atom is 0.186 e. The van der Waals surface area contributed by atoms with Gasteiger partial charge in [-0.25, -0.2) is 4.98 Å². The maximum absolute atomic E-state index is 4.77. The monoisotopic (exact) mass is 309 g/mol. The van der Waals surface area contributed by atoms with Gasteiger partial charge in [0, 0.05) is 28.9 Å². The lowest BCUT2D eigenvalue weighted by Gasteiger charge is -2.25. The van der Waals surface area contributed by atoms with Crippen molar-refractivity contribution in [2.75, 3.05) is 4.90 Å². The smallest absolute Gasteiger partial charge is 0.186 e. The molecule has 1 N–H and O–H groups in total. The Kier molecular flexibility index (Phi) is 5.57. The van der Waals surface area contributed by atoms with Gasteiger partial charge in [0.05, 0.1) is 12.2 Å². The Labute approximate surface area is 129 Å². The second-order valence-electron chi connectivity index (χ2n) is 5.46. The van der Waals surface area contributed by atoms with Crippen LogP contribution in [0.2, 0.25) is 0 Å². The molecule has 0 bridgehead atoms. The first-order valence-corrected chi connectivity index (χ1v) is 8.79. The summed E-state index contributed by atoms with van der Waals surface area (Å²) < 4.78 is 0. The van der Waals surface area contributed by atoms with E-state index in [0.717, 1.165) is 23.9 Å². The predicted molar refractivity (Wildman–Crippen MR) is 89.7 cm³/mol. The molecule has 110 valence electrons. The van der Waals surface area contributed by atoms with Crippen LogP contribution < -0.4 is 10.2 Å². The first kappa shape index (κ1) is 15.5. The largest absolute Gasteiger partial charge is 0.341 e. The third-order valence-corrected chi connectivity index (χ3v) is 4.79. The lowest BCUT2D eigenvalue weighted by Crippen LogP contribution is -2.29. The molecule has 3 nitrogen and oxygen atoms in total. The Morgan fingerprint density at radius 1 is 1.25 bits per heavy atom. The minimum absolute atomic E-state index is 0.453. The molecular weight excluding hydrogens is 286 g/mol. The molecular formula is C15H23N3S2. The van der Waals surface area contributed by atoms with Gasteiger partial charge in [0.1, 0.15) is 0 Å². The third-order valence-electron chi connectivity index (χ3n) is 3.01. The highest BCUT2D eigenvalue weighted by molar-refractivity contribution is 7.13. The van der Waals surface area contributed by atoms with Crippen LogP contribution in [0.3, 0.4) is 0 Å². The first-order chi connectivity index (χ1) is 9.56. The van der Waals surface area contributed by atoms with Crippen molar-refractivity contribution in [3.05, 3.63) is 33.5 Å². The van der Waals surface area contributed by atoms with Crippen molar-refractivity contribution in [1.82, 2.24) is 10.3 Å². The van der Waals surface area contributed by atoms with E-state index in [1.54, 1.807) is 11.3 Å². The van der Waals surface area contributed by atoms with Gasteiger partial charge in [-0.2, -0.15) is 0 Å². The number of thiazole rings is 1. The normalized spacial score (nSPS) is 11.5. The number of nitrogens with zero attached hydrogens (tertiary/aromatic N) is 2. The zero-order chi connectivity index (χ0) is 14.5. The van der Waals surface area contributed by atoms with Crippen LogP contribution in [0.15, 0.2) is 22.9 Å². The summed E-state index contributed by atoms with van der Waals surface area (Å²) in [6.45, 7) is 10.6. The first-order valence-electron chi connectivity index (χ1n) is 7.03. The molecule has 0 radical (unpaired) electrons. The van der Waals surface area contributed by atoms with Crippen molar-refractivity contribution in [1.29, 1.82) is 0 Å². The highest BCUT2D eigenvalue weighted by atomic mass is 32.1. The van der Waals surface area contributed by atoms with E-state index in [1.807, 2.05) is 11.3 Å². The van der Waals surface area contributed by atoms with Crippen molar-refractivity contribution in [3.8, 4) is 0 Å². The molecule has 2 heterocycles. The average molecular weight is 310 g/mol. The van der Waals surface area contributed by atoms with Gasteiger partial charge in [-0.05, 0) is 25.3 Å². The summed E-state index contributed by atoms with van der Waals surface area (Å²) in [5.74, 6) is 0. The predicted octanol–water partition coefficient (Wildman–Crippen LogP) is 4.12. The fraction of sp³-hybridized carbons (Fsp3) is 0.533. The number of hydrogen-bond acceptors (Lipinski definition) is 5. The lowest BCUT2D eigenvalue weighted by molar-refractivity contribution is 0.582. The fourth-order valence-corrected chi connectivity index (χ4v) is 3.52. The van der Waals surface area contributed by atoms with Gasteiger partial charge < -0.3 is 10.2 Å². The van der Waals surface area contributed by atoms with E-state index in [1.165, 1.54) is 4.88 Å². The number of hydrogen-bond donors (Lipinski definition) is 1. The van der Waals surface area contributed by atoms with Crippen molar-refractivity contribution >= 4 is 27.8 Å². The summed E-state index contributed by atoms with van der Waals surface area (Å²) in [6, 6.07) is 5.24. The highest BCUT2D eigenvalue weighted by Crippen LogP contribution is 2.25. The van der Waals surface area contributed by atoms with Gasteiger partial charge >= 0.3 is 0 Å². The molecule has 2 aromatic heterocycles. The molecule has 0 aliphatic carbocycles. The van der Waals surface area contributed by atoms with E-state index in [2.05, 4.69) is 60.8 Å². The highest BCUT2D eigenvalue weighted by Gasteiger charge is 2.15. The average Bonchev–Trinajstić information content (AvgIpc) is 3.04. The quantitative estimate of drug-likeness (QED) is 0.834. The molecule has 2 rings (SSSR count). The van der Waals surface area contributed by atoms with E-state index >= 15 is 0 Å². The number of aromatic nitrogens is 1. The SMILES string of the molecule is CC(C)NCc1csc(N(Cc2cccs2)C(C)C)n1. The number of nitrogens with one attached hydrogen (secondary N) is 1. The summed E-state index contributed by atoms with van der Waals surface area (Å²) >= 11 is 3.55. The molecule has 0 aromatic carbocycles. The molecule has 0 spiro atoms. The molecule has 20 heavy (non-hydrogen) atoms. The molecule has 0 fully saturated rings. The van der Waals surface area contributed by atoms with Gasteiger partial charge in [-0.3, -0.25) is 0 Å². The molecule has 0 aliphatic heterocycles. The van der Waals surface area contributed by atoms with E-state index in [4.69, 9.17) is 4.98 Å². The van der Waals surface area contributed by atoms with Gasteiger partial charge in [0.2, 0.25) is 0 Å². The third kappa shape index (κ3) is 4.30. The van der Waals surface area contributed by atoms with E-state index in [0.29, 0.717) is 12.1 Å². The Morgan fingerprint density at radius 3 is 2.65 bits per heavy atom. The van der Waals surface area contributed by atoms with Crippen LogP contribution in [-0.4, -0.2) is 17.1 Å². The van der Waals surface area contributed by atoms with E-state index in [9.17, 15) is 0 Å². The Morgan fingerprint density at radius 2 is 2.05 bits per heavy atom. The van der Waals surface area contributed by atoms with Crippen LogP contribution in [0.4, 0.5) is 5.13 Å². The van der Waals surface area contributed by atoms with Crippen molar-refractivity contribution in [2.45, 2.75) is 52.9 Å². The standard InChI is InChI=1S/C15H23N3S2/c1-11(2)16-8-13-10-20-15(17-13)18(12(3)4)9-14-6-5-7-19-14/h5-7,10-12,16H,8-9H2,1-4H3. The second-order valence-corrected chi connectivity index (χ2v) is 7.33. The molecule has 5 heteroatoms. The Hall–Kier alpha value is -0.910. The Bertz CT molecular complexity index is 503. The van der Waals surface area contributed by atoms with Crippen LogP contribution in [-0.2, 0) is 13.1 Å². The van der Waals surface area contributed by atoms with Crippen molar-refractivity contribution < 1.29 is 0 Å². The van der Waals surface area contributed by atoms with Crippen LogP contribution in [0.1, 0.15) is 38.3 Å². The zero-order valence-electron chi connectivity index (χ0n) is 12.6. The van der Waals surface area contributed by atoms with Gasteiger partial charge in [-0.15, -0.1) is 22.7 Å². The van der Waals surface area contributed by atoms with Gasteiger partial charge in [0.25, 0.3) is 0 Å². The minimum atomic E-state index is 0.453. The fourth-order valence-electron chi connectivity index (χ4n) is 1.86. The van der Waals surface area contributed by atoms with Crippen molar-refractivity contribution in [3.63, 3.8) is 0 Å². The van der Waals surface area contributed by atoms with Crippen LogP contribution in [0, 0.1) is 0 Å². The summed E-state index contributed by atoms with van der Waals surface area (Å²) in [7, 11) is 0. The number of anilines is 1. The topological polar surface area (TPSA) is 28.2 Å². The summed E-state index contributed by atoms with van der Waals surface area (Å²) in [4.78, 5) is 8.53. The molecule has 0 aliphatic rings. The minimum Gasteiger partial charge on any atom is -0.341 e. The molecule has 0 saturated heterocycles. The van der Waals surface area contributed by atoms with Gasteiger partial charge in [-0.1, -0.05) is 19.9 Å². The van der Waals surface area contributed by atoms with E-state index in [-0.39, 0.29) is 0 Å².